The van der Waals surface area contributed by atoms with Gasteiger partial charge in [-0.15, -0.1) is 0 Å². The molecular weight excluding hydrogens is 444 g/mol. The number of anilines is 3. The van der Waals surface area contributed by atoms with Crippen LogP contribution in [0.25, 0.3) is 0 Å². The van der Waals surface area contributed by atoms with Gasteiger partial charge in [0.1, 0.15) is 0 Å². The molecule has 0 spiro atoms. The number of aliphatic hydroxyl groups is 2. The monoisotopic (exact) mass is 488 g/mol. The Kier molecular flexibility index (Phi) is 17.3. The van der Waals surface area contributed by atoms with Crippen molar-refractivity contribution >= 4 is 17.8 Å². The predicted octanol–water partition coefficient (Wildman–Crippen LogP) is 3.18. The second-order valence-corrected chi connectivity index (χ2v) is 7.73. The highest BCUT2D eigenvalue weighted by atomic mass is 17.0. The van der Waals surface area contributed by atoms with E-state index >= 15 is 0 Å². The number of hydrogen-bond donors (Lipinski definition) is 3. The largest absolute Gasteiger partial charge is 0.394 e. The Hall–Kier alpha value is -1.83. The molecule has 0 amide bonds. The molecule has 198 valence electrons. The molecule has 0 atom stereocenters. The molecule has 0 aromatic carbocycles. The zero-order chi connectivity index (χ0) is 25.0. The van der Waals surface area contributed by atoms with Gasteiger partial charge >= 0.3 is 0 Å². The first-order chi connectivity index (χ1) is 16.6. The van der Waals surface area contributed by atoms with E-state index in [1.165, 1.54) is 10.5 Å². The lowest BCUT2D eigenvalue weighted by Gasteiger charge is -2.24. The van der Waals surface area contributed by atoms with E-state index in [-0.39, 0.29) is 31.1 Å². The van der Waals surface area contributed by atoms with Crippen molar-refractivity contribution in [1.82, 2.24) is 15.0 Å². The average Bonchev–Trinajstić information content (AvgIpc) is 2.85. The summed E-state index contributed by atoms with van der Waals surface area (Å²) in [6.07, 6.45) is 7.16. The third-order valence-electron chi connectivity index (χ3n) is 4.54. The fourth-order valence-corrected chi connectivity index (χ4v) is 2.39. The molecule has 1 aromatic heterocycles. The molecule has 0 saturated carbocycles. The van der Waals surface area contributed by atoms with Crippen LogP contribution in [0.2, 0.25) is 0 Å². The Morgan fingerprint density at radius 1 is 0.647 bits per heavy atom. The van der Waals surface area contributed by atoms with Crippen LogP contribution in [0.15, 0.2) is 0 Å². The van der Waals surface area contributed by atoms with Gasteiger partial charge in [-0.2, -0.15) is 15.0 Å². The Morgan fingerprint density at radius 3 is 1.29 bits per heavy atom. The Bertz CT molecular complexity index is 563. The van der Waals surface area contributed by atoms with E-state index in [1.54, 1.807) is 0 Å². The molecule has 0 fully saturated rings. The average molecular weight is 489 g/mol. The van der Waals surface area contributed by atoms with E-state index in [2.05, 4.69) is 48.0 Å². The van der Waals surface area contributed by atoms with E-state index in [0.29, 0.717) is 26.4 Å². The molecule has 3 N–H and O–H groups in total. The highest BCUT2D eigenvalue weighted by Gasteiger charge is 2.22. The van der Waals surface area contributed by atoms with Crippen LogP contribution in [0.1, 0.15) is 79.1 Å². The zero-order valence-corrected chi connectivity index (χ0v) is 21.2. The molecule has 1 aromatic rings. The number of aromatic nitrogens is 3. The summed E-state index contributed by atoms with van der Waals surface area (Å²) in [6.45, 7) is 9.35. The molecule has 0 bridgehead atoms. The van der Waals surface area contributed by atoms with E-state index < -0.39 is 6.04 Å². The summed E-state index contributed by atoms with van der Waals surface area (Å²) < 4.78 is 0. The first-order valence-corrected chi connectivity index (χ1v) is 12.5. The Balaban J connectivity index is 3.29. The summed E-state index contributed by atoms with van der Waals surface area (Å²) in [4.78, 5) is 36.4. The second-order valence-electron chi connectivity index (χ2n) is 7.73. The number of rotatable bonds is 22. The van der Waals surface area contributed by atoms with Crippen LogP contribution >= 0.6 is 0 Å². The van der Waals surface area contributed by atoms with Crippen molar-refractivity contribution in [3.63, 3.8) is 0 Å². The highest BCUT2D eigenvalue weighted by molar-refractivity contribution is 5.41. The van der Waals surface area contributed by atoms with Crippen LogP contribution in [0.4, 0.5) is 17.8 Å². The van der Waals surface area contributed by atoms with Crippen molar-refractivity contribution in [1.29, 1.82) is 0 Å². The van der Waals surface area contributed by atoms with Crippen molar-refractivity contribution in [3.8, 4) is 0 Å². The van der Waals surface area contributed by atoms with Gasteiger partial charge in [-0.3, -0.25) is 0 Å². The Morgan fingerprint density at radius 2 is 1.00 bits per heavy atom. The number of hydrogen-bond acceptors (Lipinski definition) is 12. The summed E-state index contributed by atoms with van der Waals surface area (Å²) in [6, 6.07) is -0.658. The fourth-order valence-electron chi connectivity index (χ4n) is 2.39. The summed E-state index contributed by atoms with van der Waals surface area (Å²) in [5.41, 5.74) is 0. The van der Waals surface area contributed by atoms with Gasteiger partial charge in [0.2, 0.25) is 5.95 Å². The lowest BCUT2D eigenvalue weighted by Crippen LogP contribution is -2.33. The van der Waals surface area contributed by atoms with Gasteiger partial charge in [-0.05, 0) is 25.7 Å². The highest BCUT2D eigenvalue weighted by Crippen LogP contribution is 2.20. The van der Waals surface area contributed by atoms with Crippen LogP contribution in [0, 0.1) is 0 Å². The maximum atomic E-state index is 9.50. The number of nitrogens with zero attached hydrogens (tertiary/aromatic N) is 5. The van der Waals surface area contributed by atoms with Gasteiger partial charge in [0.05, 0.1) is 45.7 Å². The molecule has 0 aliphatic rings. The number of unbranched alkanes of at least 4 members (excludes halogenated alkanes) is 4. The third kappa shape index (κ3) is 12.0. The van der Waals surface area contributed by atoms with Gasteiger partial charge in [0.15, 0.2) is 0 Å². The molecular formula is C22H44N6O6. The summed E-state index contributed by atoms with van der Waals surface area (Å²) in [5.74, 6) is 0.300. The van der Waals surface area contributed by atoms with E-state index in [4.69, 9.17) is 19.4 Å². The summed E-state index contributed by atoms with van der Waals surface area (Å²) in [7, 11) is 0. The van der Waals surface area contributed by atoms with Gasteiger partial charge < -0.3 is 15.5 Å². The quantitative estimate of drug-likeness (QED) is 0.163. The van der Waals surface area contributed by atoms with Crippen LogP contribution in [-0.2, 0) is 19.4 Å². The van der Waals surface area contributed by atoms with Crippen LogP contribution in [0.5, 0.6) is 0 Å². The van der Waals surface area contributed by atoms with Crippen molar-refractivity contribution in [2.75, 3.05) is 55.4 Å². The predicted molar refractivity (Wildman–Crippen MR) is 130 cm³/mol. The van der Waals surface area contributed by atoms with Gasteiger partial charge in [0.25, 0.3) is 11.9 Å². The molecule has 0 unspecified atom stereocenters. The van der Waals surface area contributed by atoms with Crippen LogP contribution < -0.4 is 15.8 Å². The minimum absolute atomic E-state index is 0.0949. The number of aliphatic hydroxyl groups excluding tert-OH is 2. The summed E-state index contributed by atoms with van der Waals surface area (Å²) >= 11 is 0. The second kappa shape index (κ2) is 19.5. The molecule has 34 heavy (non-hydrogen) atoms. The molecule has 0 saturated heterocycles. The lowest BCUT2D eigenvalue weighted by molar-refractivity contribution is -0.0986. The standard InChI is InChI=1S/C22H44N6O6/c1-5-9-13-31-27(32-14-10-6-2)21-24-20(23-19(17-29)18-30)25-22(26-21)28(33-15-11-7-3)34-16-12-8-4/h19,29-30H,5-18H2,1-4H3,(H,23,24,25,26). The molecule has 0 aliphatic heterocycles. The number of nitrogens with one attached hydrogen (secondary N) is 1. The van der Waals surface area contributed by atoms with Crippen LogP contribution in [-0.4, -0.2) is 70.8 Å². The SMILES string of the molecule is CCCCON(OCCCC)c1nc(NC(CO)CO)nc(N(OCCCC)OCCCC)n1. The maximum Gasteiger partial charge on any atom is 0.284 e. The van der Waals surface area contributed by atoms with E-state index in [0.717, 1.165) is 51.4 Å². The van der Waals surface area contributed by atoms with Crippen LogP contribution in [0.3, 0.4) is 0 Å². The molecule has 1 rings (SSSR count). The zero-order valence-electron chi connectivity index (χ0n) is 21.2. The van der Waals surface area contributed by atoms with Crippen molar-refractivity contribution in [3.05, 3.63) is 0 Å². The Labute approximate surface area is 203 Å². The molecule has 0 radical (unpaired) electrons. The van der Waals surface area contributed by atoms with Crippen molar-refractivity contribution in [2.24, 2.45) is 0 Å². The normalized spacial score (nSPS) is 11.3. The summed E-state index contributed by atoms with van der Waals surface area (Å²) in [5, 5.41) is 24.3. The van der Waals surface area contributed by atoms with Gasteiger partial charge in [-0.1, -0.05) is 63.8 Å². The molecule has 12 nitrogen and oxygen atoms in total. The smallest absolute Gasteiger partial charge is 0.284 e. The van der Waals surface area contributed by atoms with E-state index in [9.17, 15) is 10.2 Å². The molecule has 1 heterocycles. The first-order valence-electron chi connectivity index (χ1n) is 12.5. The third-order valence-corrected chi connectivity index (χ3v) is 4.54. The molecule has 12 heteroatoms. The van der Waals surface area contributed by atoms with Crippen molar-refractivity contribution in [2.45, 2.75) is 85.1 Å². The first kappa shape index (κ1) is 30.2. The van der Waals surface area contributed by atoms with Gasteiger partial charge in [-0.25, -0.2) is 19.4 Å². The maximum absolute atomic E-state index is 9.50. The van der Waals surface area contributed by atoms with E-state index in [1.807, 2.05) is 0 Å². The minimum Gasteiger partial charge on any atom is -0.394 e. The minimum atomic E-state index is -0.658. The lowest BCUT2D eigenvalue weighted by atomic mass is 10.3. The van der Waals surface area contributed by atoms with Gasteiger partial charge in [0, 0.05) is 0 Å². The topological polar surface area (TPSA) is 135 Å². The van der Waals surface area contributed by atoms with Crippen molar-refractivity contribution < 1.29 is 29.6 Å². The molecule has 0 aliphatic carbocycles. The fraction of sp³-hybridized carbons (Fsp3) is 0.864.